The molecule has 1 saturated heterocycles. The van der Waals surface area contributed by atoms with Gasteiger partial charge >= 0.3 is 0 Å². The van der Waals surface area contributed by atoms with E-state index in [9.17, 15) is 13.2 Å². The fourth-order valence-corrected chi connectivity index (χ4v) is 4.91. The minimum Gasteiger partial charge on any atom is -0.338 e. The second kappa shape index (κ2) is 6.17. The molecular weight excluding hydrogens is 298 g/mol. The minimum atomic E-state index is -2.97. The third-order valence-corrected chi connectivity index (χ3v) is 6.21. The first-order valence-corrected chi connectivity index (χ1v) is 9.33. The molecule has 0 radical (unpaired) electrons. The van der Waals surface area contributed by atoms with E-state index in [0.717, 1.165) is 5.16 Å². The van der Waals surface area contributed by atoms with Crippen molar-refractivity contribution >= 4 is 27.5 Å². The van der Waals surface area contributed by atoms with Crippen molar-refractivity contribution in [3.05, 3.63) is 12.4 Å². The Hall–Kier alpha value is -1.02. The maximum Gasteiger partial charge on any atom is 0.233 e. The average molecular weight is 317 g/mol. The fraction of sp³-hybridized carbons (Fsp3) is 0.667. The quantitative estimate of drug-likeness (QED) is 0.742. The predicted octanol–water partition coefficient (Wildman–Crippen LogP) is 0.548. The number of thioether (sulfide) groups is 1. The Balaban J connectivity index is 1.94. The first kappa shape index (κ1) is 15.4. The lowest BCUT2D eigenvalue weighted by Gasteiger charge is -2.26. The molecule has 1 aromatic heterocycles. The van der Waals surface area contributed by atoms with Gasteiger partial charge in [-0.3, -0.25) is 4.79 Å². The van der Waals surface area contributed by atoms with Gasteiger partial charge in [0.15, 0.2) is 15.0 Å². The molecule has 20 heavy (non-hydrogen) atoms. The number of carbonyl (C=O) groups is 1. The van der Waals surface area contributed by atoms with Crippen molar-refractivity contribution in [3.8, 4) is 0 Å². The Morgan fingerprint density at radius 2 is 2.35 bits per heavy atom. The van der Waals surface area contributed by atoms with Crippen LogP contribution >= 0.6 is 11.8 Å². The van der Waals surface area contributed by atoms with Crippen molar-refractivity contribution in [3.63, 3.8) is 0 Å². The summed E-state index contributed by atoms with van der Waals surface area (Å²) in [7, 11) is -1.09. The Morgan fingerprint density at radius 1 is 1.60 bits per heavy atom. The molecule has 1 fully saturated rings. The maximum absolute atomic E-state index is 12.3. The van der Waals surface area contributed by atoms with Crippen LogP contribution in [0.5, 0.6) is 0 Å². The van der Waals surface area contributed by atoms with Gasteiger partial charge in [-0.15, -0.1) is 0 Å². The highest BCUT2D eigenvalue weighted by atomic mass is 32.2. The normalized spacial score (nSPS) is 21.0. The summed E-state index contributed by atoms with van der Waals surface area (Å²) in [4.78, 5) is 18.1. The molecular formula is C12H19N3O3S2. The van der Waals surface area contributed by atoms with E-state index in [2.05, 4.69) is 4.98 Å². The monoisotopic (exact) mass is 317 g/mol. The van der Waals surface area contributed by atoms with Crippen molar-refractivity contribution in [2.45, 2.75) is 24.5 Å². The first-order chi connectivity index (χ1) is 9.43. The molecule has 0 spiro atoms. The number of sulfone groups is 1. The number of rotatable bonds is 5. The van der Waals surface area contributed by atoms with Gasteiger partial charge in [0.2, 0.25) is 5.91 Å². The predicted molar refractivity (Wildman–Crippen MR) is 78.4 cm³/mol. The van der Waals surface area contributed by atoms with Crippen LogP contribution < -0.4 is 0 Å². The molecule has 8 heteroatoms. The number of carbonyl (C=O) groups excluding carboxylic acids is 1. The highest BCUT2D eigenvalue weighted by molar-refractivity contribution is 7.99. The van der Waals surface area contributed by atoms with E-state index in [0.29, 0.717) is 13.0 Å². The number of aromatic nitrogens is 2. The molecule has 112 valence electrons. The van der Waals surface area contributed by atoms with Crippen LogP contribution in [0.3, 0.4) is 0 Å². The molecule has 1 atom stereocenters. The summed E-state index contributed by atoms with van der Waals surface area (Å²) in [5, 5.41) is 0.786. The molecule has 1 unspecified atom stereocenters. The molecule has 0 aromatic carbocycles. The number of nitrogens with zero attached hydrogens (tertiary/aromatic N) is 3. The van der Waals surface area contributed by atoms with Gasteiger partial charge in [0.1, 0.15) is 0 Å². The van der Waals surface area contributed by atoms with E-state index in [1.165, 1.54) is 11.8 Å². The molecule has 0 bridgehead atoms. The van der Waals surface area contributed by atoms with Crippen molar-refractivity contribution < 1.29 is 13.2 Å². The summed E-state index contributed by atoms with van der Waals surface area (Å²) in [6, 6.07) is -0.167. The second-order valence-electron chi connectivity index (χ2n) is 4.85. The summed E-state index contributed by atoms with van der Waals surface area (Å²) in [6.45, 7) is 2.43. The third kappa shape index (κ3) is 3.54. The molecule has 1 aliphatic rings. The Morgan fingerprint density at radius 3 is 2.85 bits per heavy atom. The van der Waals surface area contributed by atoms with Crippen LogP contribution in [-0.2, 0) is 21.7 Å². The SMILES string of the molecule is CCN(C(=O)CSc1nccn1C)C1CCS(=O)(=O)C1. The second-order valence-corrected chi connectivity index (χ2v) is 8.02. The molecule has 1 aliphatic heterocycles. The maximum atomic E-state index is 12.3. The van der Waals surface area contributed by atoms with E-state index in [1.807, 2.05) is 24.7 Å². The van der Waals surface area contributed by atoms with E-state index in [-0.39, 0.29) is 29.2 Å². The number of amides is 1. The molecule has 6 nitrogen and oxygen atoms in total. The van der Waals surface area contributed by atoms with Gasteiger partial charge in [-0.2, -0.15) is 0 Å². The van der Waals surface area contributed by atoms with Gasteiger partial charge in [0, 0.05) is 32.0 Å². The zero-order valence-electron chi connectivity index (χ0n) is 11.7. The summed E-state index contributed by atoms with van der Waals surface area (Å²) in [5.74, 6) is 0.547. The summed E-state index contributed by atoms with van der Waals surface area (Å²) >= 11 is 1.38. The van der Waals surface area contributed by atoms with E-state index >= 15 is 0 Å². The topological polar surface area (TPSA) is 72.3 Å². The van der Waals surface area contributed by atoms with Gasteiger partial charge in [0.05, 0.1) is 17.3 Å². The zero-order valence-corrected chi connectivity index (χ0v) is 13.3. The molecule has 2 rings (SSSR count). The van der Waals surface area contributed by atoms with Gasteiger partial charge in [0.25, 0.3) is 0 Å². The summed E-state index contributed by atoms with van der Waals surface area (Å²) in [5.41, 5.74) is 0. The van der Waals surface area contributed by atoms with Crippen LogP contribution in [0.2, 0.25) is 0 Å². The summed E-state index contributed by atoms with van der Waals surface area (Å²) in [6.07, 6.45) is 4.07. The molecule has 2 heterocycles. The molecule has 0 N–H and O–H groups in total. The van der Waals surface area contributed by atoms with E-state index in [1.54, 1.807) is 11.1 Å². The lowest BCUT2D eigenvalue weighted by Crippen LogP contribution is -2.42. The summed E-state index contributed by atoms with van der Waals surface area (Å²) < 4.78 is 24.9. The van der Waals surface area contributed by atoms with Crippen LogP contribution in [0.15, 0.2) is 17.6 Å². The van der Waals surface area contributed by atoms with Gasteiger partial charge < -0.3 is 9.47 Å². The standard InChI is InChI=1S/C12H19N3O3S2/c1-3-15(10-4-7-20(17,18)9-10)11(16)8-19-12-13-5-6-14(12)2/h5-6,10H,3-4,7-9H2,1-2H3. The van der Waals surface area contributed by atoms with Crippen molar-refractivity contribution in [2.24, 2.45) is 7.05 Å². The molecule has 0 aliphatic carbocycles. The smallest absolute Gasteiger partial charge is 0.233 e. The van der Waals surface area contributed by atoms with Crippen LogP contribution in [0.4, 0.5) is 0 Å². The van der Waals surface area contributed by atoms with Gasteiger partial charge in [-0.1, -0.05) is 11.8 Å². The third-order valence-electron chi connectivity index (χ3n) is 3.41. The van der Waals surface area contributed by atoms with Crippen LogP contribution in [-0.4, -0.2) is 58.6 Å². The number of aryl methyl sites for hydroxylation is 1. The molecule has 0 saturated carbocycles. The van der Waals surface area contributed by atoms with Gasteiger partial charge in [-0.25, -0.2) is 13.4 Å². The van der Waals surface area contributed by atoms with E-state index in [4.69, 9.17) is 0 Å². The number of imidazole rings is 1. The van der Waals surface area contributed by atoms with Crippen molar-refractivity contribution in [2.75, 3.05) is 23.8 Å². The fourth-order valence-electron chi connectivity index (χ4n) is 2.36. The lowest BCUT2D eigenvalue weighted by molar-refractivity contribution is -0.129. The van der Waals surface area contributed by atoms with Crippen molar-refractivity contribution in [1.82, 2.24) is 14.5 Å². The Bertz CT molecular complexity index is 583. The van der Waals surface area contributed by atoms with Gasteiger partial charge in [-0.05, 0) is 13.3 Å². The Kier molecular flexibility index (Phi) is 4.74. The van der Waals surface area contributed by atoms with Crippen LogP contribution in [0, 0.1) is 0 Å². The Labute approximate surface area is 123 Å². The van der Waals surface area contributed by atoms with Crippen LogP contribution in [0.1, 0.15) is 13.3 Å². The largest absolute Gasteiger partial charge is 0.338 e. The lowest BCUT2D eigenvalue weighted by atomic mass is 10.2. The minimum absolute atomic E-state index is 0.0254. The van der Waals surface area contributed by atoms with Crippen molar-refractivity contribution in [1.29, 1.82) is 0 Å². The zero-order chi connectivity index (χ0) is 14.8. The first-order valence-electron chi connectivity index (χ1n) is 6.53. The molecule has 1 aromatic rings. The average Bonchev–Trinajstić information content (AvgIpc) is 2.94. The van der Waals surface area contributed by atoms with E-state index < -0.39 is 9.84 Å². The number of hydrogen-bond acceptors (Lipinski definition) is 5. The van der Waals surface area contributed by atoms with Crippen LogP contribution in [0.25, 0.3) is 0 Å². The number of hydrogen-bond donors (Lipinski definition) is 0. The highest BCUT2D eigenvalue weighted by Gasteiger charge is 2.33. The highest BCUT2D eigenvalue weighted by Crippen LogP contribution is 2.20. The molecule has 1 amide bonds.